The Morgan fingerprint density at radius 2 is 1.78 bits per heavy atom. The molecule has 190 valence electrons. The molecule has 1 saturated heterocycles. The number of nitrogens with zero attached hydrogens (tertiary/aromatic N) is 1. The second kappa shape index (κ2) is 11.3. The Hall–Kier alpha value is -3.48. The minimum Gasteiger partial charge on any atom is -0.481 e. The van der Waals surface area contributed by atoms with Crippen molar-refractivity contribution in [3.8, 4) is 11.1 Å². The summed E-state index contributed by atoms with van der Waals surface area (Å²) in [5, 5.41) is 13.2. The van der Waals surface area contributed by atoms with Gasteiger partial charge in [0, 0.05) is 29.1 Å². The maximum absolute atomic E-state index is 13.7. The summed E-state index contributed by atoms with van der Waals surface area (Å²) in [6.45, 7) is 0.0154. The van der Waals surface area contributed by atoms with Gasteiger partial charge in [0.15, 0.2) is 11.6 Å². The van der Waals surface area contributed by atoms with E-state index in [4.69, 9.17) is 17.3 Å². The van der Waals surface area contributed by atoms with Crippen LogP contribution < -0.4 is 5.32 Å². The van der Waals surface area contributed by atoms with Crippen LogP contribution in [0.5, 0.6) is 0 Å². The lowest BCUT2D eigenvalue weighted by Crippen LogP contribution is -2.31. The predicted octanol–water partition coefficient (Wildman–Crippen LogP) is 5.69. The highest BCUT2D eigenvalue weighted by molar-refractivity contribution is 8.26. The molecule has 2 aromatic carbocycles. The molecule has 1 aliphatic heterocycles. The summed E-state index contributed by atoms with van der Waals surface area (Å²) < 4.78 is 40.8. The first-order chi connectivity index (χ1) is 17.6. The molecule has 1 aromatic heterocycles. The smallest absolute Gasteiger partial charge is 0.307 e. The second-order valence-electron chi connectivity index (χ2n) is 7.87. The SMILES string of the molecule is O=C(O)Cc1cc(NC(=O)CCN2C(=O)/C(=C/c3cc(-c4ccc(F)c(F)c4)cs3)SC2=S)ccc1F. The van der Waals surface area contributed by atoms with Crippen molar-refractivity contribution in [1.29, 1.82) is 0 Å². The lowest BCUT2D eigenvalue weighted by Gasteiger charge is -2.14. The number of halogens is 3. The topological polar surface area (TPSA) is 86.7 Å². The zero-order valence-electron chi connectivity index (χ0n) is 18.8. The van der Waals surface area contributed by atoms with Gasteiger partial charge >= 0.3 is 5.97 Å². The van der Waals surface area contributed by atoms with E-state index in [0.717, 1.165) is 30.0 Å². The molecular formula is C25H17F3N2O4S3. The molecule has 0 radical (unpaired) electrons. The van der Waals surface area contributed by atoms with E-state index < -0.39 is 35.7 Å². The van der Waals surface area contributed by atoms with Crippen LogP contribution in [0.1, 0.15) is 16.9 Å². The molecule has 4 rings (SSSR count). The van der Waals surface area contributed by atoms with Crippen molar-refractivity contribution in [3.63, 3.8) is 0 Å². The molecule has 6 nitrogen and oxygen atoms in total. The third-order valence-electron chi connectivity index (χ3n) is 5.25. The number of nitrogens with one attached hydrogen (secondary N) is 1. The Kier molecular flexibility index (Phi) is 8.10. The number of thioether (sulfide) groups is 1. The van der Waals surface area contributed by atoms with Crippen LogP contribution in [0.25, 0.3) is 17.2 Å². The number of aliphatic carboxylic acids is 1. The maximum atomic E-state index is 13.7. The molecule has 3 aromatic rings. The number of hydrogen-bond donors (Lipinski definition) is 2. The molecule has 0 aliphatic carbocycles. The second-order valence-corrected chi connectivity index (χ2v) is 10.5. The molecule has 2 amide bonds. The number of amides is 2. The molecule has 0 bridgehead atoms. The van der Waals surface area contributed by atoms with Gasteiger partial charge in [0.25, 0.3) is 5.91 Å². The maximum Gasteiger partial charge on any atom is 0.307 e. The van der Waals surface area contributed by atoms with Crippen LogP contribution in [0.3, 0.4) is 0 Å². The van der Waals surface area contributed by atoms with Crippen LogP contribution in [0.15, 0.2) is 52.7 Å². The van der Waals surface area contributed by atoms with E-state index in [9.17, 15) is 27.6 Å². The Morgan fingerprint density at radius 1 is 1.03 bits per heavy atom. The van der Waals surface area contributed by atoms with Crippen LogP contribution in [0, 0.1) is 17.5 Å². The quantitative estimate of drug-likeness (QED) is 0.271. The van der Waals surface area contributed by atoms with E-state index in [-0.39, 0.29) is 34.4 Å². The van der Waals surface area contributed by atoms with Crippen molar-refractivity contribution in [2.24, 2.45) is 0 Å². The summed E-state index contributed by atoms with van der Waals surface area (Å²) in [6.07, 6.45) is 1.03. The first kappa shape index (κ1) is 26.6. The fourth-order valence-corrected chi connectivity index (χ4v) is 5.69. The first-order valence-corrected chi connectivity index (χ1v) is 12.8. The zero-order valence-corrected chi connectivity index (χ0v) is 21.2. The van der Waals surface area contributed by atoms with Crippen LogP contribution in [-0.4, -0.2) is 38.7 Å². The van der Waals surface area contributed by atoms with Gasteiger partial charge in [0.2, 0.25) is 5.91 Å². The number of carbonyl (C=O) groups is 3. The van der Waals surface area contributed by atoms with E-state index in [1.165, 1.54) is 34.4 Å². The minimum atomic E-state index is -1.20. The van der Waals surface area contributed by atoms with Crippen molar-refractivity contribution in [2.45, 2.75) is 12.8 Å². The van der Waals surface area contributed by atoms with Gasteiger partial charge < -0.3 is 10.4 Å². The number of rotatable bonds is 8. The first-order valence-electron chi connectivity index (χ1n) is 10.7. The number of anilines is 1. The average molecular weight is 563 g/mol. The molecule has 37 heavy (non-hydrogen) atoms. The molecule has 0 unspecified atom stereocenters. The Balaban J connectivity index is 1.38. The Morgan fingerprint density at radius 3 is 2.51 bits per heavy atom. The van der Waals surface area contributed by atoms with E-state index >= 15 is 0 Å². The standard InChI is InChI=1S/C25H17F3N2O4S3/c26-18-4-2-16(7-14(18)10-23(32)33)29-22(31)5-6-30-24(34)21(37-25(30)35)11-17-8-15(12-36-17)13-1-3-19(27)20(28)9-13/h1-4,7-9,11-12H,5-6,10H2,(H,29,31)(H,32,33)/b21-11-. The van der Waals surface area contributed by atoms with Gasteiger partial charge in [-0.3, -0.25) is 19.3 Å². The molecule has 1 fully saturated rings. The summed E-state index contributed by atoms with van der Waals surface area (Å²) in [5.41, 5.74) is 1.36. The van der Waals surface area contributed by atoms with Crippen LogP contribution >= 0.6 is 35.3 Å². The normalized spacial score (nSPS) is 14.5. The molecule has 2 N–H and O–H groups in total. The van der Waals surface area contributed by atoms with Crippen LogP contribution in [-0.2, 0) is 20.8 Å². The molecular weight excluding hydrogens is 545 g/mol. The van der Waals surface area contributed by atoms with E-state index in [1.807, 2.05) is 0 Å². The molecule has 0 saturated carbocycles. The molecule has 1 aliphatic rings. The number of carboxylic acids is 1. The number of hydrogen-bond acceptors (Lipinski definition) is 6. The molecule has 12 heteroatoms. The van der Waals surface area contributed by atoms with Gasteiger partial charge in [0.05, 0.1) is 11.3 Å². The van der Waals surface area contributed by atoms with E-state index in [0.29, 0.717) is 20.9 Å². The van der Waals surface area contributed by atoms with Crippen molar-refractivity contribution in [1.82, 2.24) is 4.90 Å². The van der Waals surface area contributed by atoms with Crippen LogP contribution in [0.2, 0.25) is 0 Å². The minimum absolute atomic E-state index is 0.0154. The van der Waals surface area contributed by atoms with E-state index in [2.05, 4.69) is 5.32 Å². The number of carbonyl (C=O) groups excluding carboxylic acids is 2. The fourth-order valence-electron chi connectivity index (χ4n) is 3.47. The number of carboxylic acid groups (broad SMARTS) is 1. The summed E-state index contributed by atoms with van der Waals surface area (Å²) in [5.74, 6) is -4.59. The van der Waals surface area contributed by atoms with Gasteiger partial charge in [-0.2, -0.15) is 0 Å². The molecule has 0 atom stereocenters. The molecule has 0 spiro atoms. The predicted molar refractivity (Wildman–Crippen MR) is 141 cm³/mol. The van der Waals surface area contributed by atoms with Gasteiger partial charge in [-0.1, -0.05) is 30.0 Å². The summed E-state index contributed by atoms with van der Waals surface area (Å²) in [4.78, 5) is 38.5. The van der Waals surface area contributed by atoms with Crippen LogP contribution in [0.4, 0.5) is 18.9 Å². The third-order valence-corrected chi connectivity index (χ3v) is 7.51. The monoisotopic (exact) mass is 562 g/mol. The fraction of sp³-hybridized carbons (Fsp3) is 0.120. The van der Waals surface area contributed by atoms with Gasteiger partial charge in [-0.05, 0) is 59.0 Å². The van der Waals surface area contributed by atoms with Gasteiger partial charge in [-0.15, -0.1) is 11.3 Å². The summed E-state index contributed by atoms with van der Waals surface area (Å²) in [7, 11) is 0. The largest absolute Gasteiger partial charge is 0.481 e. The highest BCUT2D eigenvalue weighted by Gasteiger charge is 2.32. The Labute approximate surface area is 222 Å². The summed E-state index contributed by atoms with van der Waals surface area (Å²) >= 11 is 7.71. The van der Waals surface area contributed by atoms with Crippen molar-refractivity contribution < 1.29 is 32.7 Å². The third kappa shape index (κ3) is 6.45. The van der Waals surface area contributed by atoms with Gasteiger partial charge in [0.1, 0.15) is 10.1 Å². The van der Waals surface area contributed by atoms with Crippen molar-refractivity contribution in [3.05, 3.63) is 80.6 Å². The Bertz CT molecular complexity index is 1450. The number of thiophene rings is 1. The highest BCUT2D eigenvalue weighted by Crippen LogP contribution is 2.35. The zero-order chi connectivity index (χ0) is 26.7. The lowest BCUT2D eigenvalue weighted by molar-refractivity contribution is -0.136. The van der Waals surface area contributed by atoms with Crippen molar-refractivity contribution >= 4 is 69.2 Å². The highest BCUT2D eigenvalue weighted by atomic mass is 32.2. The van der Waals surface area contributed by atoms with Gasteiger partial charge in [-0.25, -0.2) is 13.2 Å². The van der Waals surface area contributed by atoms with E-state index in [1.54, 1.807) is 17.5 Å². The molecule has 2 heterocycles. The number of thiocarbonyl (C=S) groups is 1. The average Bonchev–Trinajstić information content (AvgIpc) is 3.40. The number of benzene rings is 2. The summed E-state index contributed by atoms with van der Waals surface area (Å²) in [6, 6.07) is 9.00. The lowest BCUT2D eigenvalue weighted by atomic mass is 10.1. The van der Waals surface area contributed by atoms with Crippen molar-refractivity contribution in [2.75, 3.05) is 11.9 Å².